The van der Waals surface area contributed by atoms with Crippen LogP contribution >= 0.6 is 0 Å². The van der Waals surface area contributed by atoms with Crippen LogP contribution in [0.2, 0.25) is 0 Å². The minimum Gasteiger partial charge on any atom is -0.388 e. The molecular weight excluding hydrogens is 286 g/mol. The van der Waals surface area contributed by atoms with Crippen molar-refractivity contribution in [2.75, 3.05) is 0 Å². The van der Waals surface area contributed by atoms with Gasteiger partial charge < -0.3 is 5.11 Å². The minimum atomic E-state index is -4.79. The number of hydrogen-bond acceptors (Lipinski definition) is 2. The molecule has 0 amide bonds. The Morgan fingerprint density at radius 2 is 1.71 bits per heavy atom. The average Bonchev–Trinajstić information content (AvgIpc) is 2.45. The van der Waals surface area contributed by atoms with Crippen molar-refractivity contribution in [2.24, 2.45) is 0 Å². The third-order valence-corrected chi connectivity index (χ3v) is 3.36. The van der Waals surface area contributed by atoms with E-state index in [1.165, 1.54) is 12.4 Å². The fraction of sp³-hybridized carbons (Fsp3) is 0.267. The Labute approximate surface area is 119 Å². The highest BCUT2D eigenvalue weighted by Gasteiger charge is 2.36. The van der Waals surface area contributed by atoms with E-state index in [1.807, 2.05) is 0 Å². The second-order valence-electron chi connectivity index (χ2n) is 4.72. The SMILES string of the molecule is CC(c1ccncc1)C(O)c1cccc(C(F)(F)F)c1F. The molecule has 0 bridgehead atoms. The number of aliphatic hydroxyl groups is 1. The summed E-state index contributed by atoms with van der Waals surface area (Å²) in [5.41, 5.74) is -1.08. The lowest BCUT2D eigenvalue weighted by Crippen LogP contribution is -2.14. The van der Waals surface area contributed by atoms with E-state index in [2.05, 4.69) is 4.98 Å². The molecule has 2 nitrogen and oxygen atoms in total. The van der Waals surface area contributed by atoms with Gasteiger partial charge >= 0.3 is 6.18 Å². The molecular formula is C15H13F4NO. The number of halogens is 4. The molecule has 0 aliphatic rings. The highest BCUT2D eigenvalue weighted by Crippen LogP contribution is 2.37. The topological polar surface area (TPSA) is 33.1 Å². The Hall–Kier alpha value is -1.95. The van der Waals surface area contributed by atoms with Crippen molar-refractivity contribution in [1.82, 2.24) is 4.98 Å². The molecule has 0 fully saturated rings. The van der Waals surface area contributed by atoms with Crippen LogP contribution in [-0.2, 0) is 6.18 Å². The summed E-state index contributed by atoms with van der Waals surface area (Å²) in [5, 5.41) is 10.2. The largest absolute Gasteiger partial charge is 0.419 e. The normalized spacial score (nSPS) is 14.8. The number of alkyl halides is 3. The Morgan fingerprint density at radius 1 is 1.10 bits per heavy atom. The molecule has 2 aromatic rings. The van der Waals surface area contributed by atoms with E-state index in [0.717, 1.165) is 12.1 Å². The maximum Gasteiger partial charge on any atom is 0.419 e. The number of benzene rings is 1. The van der Waals surface area contributed by atoms with Gasteiger partial charge in [-0.3, -0.25) is 4.98 Å². The Kier molecular flexibility index (Phi) is 4.27. The predicted molar refractivity (Wildman–Crippen MR) is 69.0 cm³/mol. The molecule has 1 aromatic carbocycles. The fourth-order valence-corrected chi connectivity index (χ4v) is 2.12. The van der Waals surface area contributed by atoms with Crippen LogP contribution < -0.4 is 0 Å². The third kappa shape index (κ3) is 3.21. The van der Waals surface area contributed by atoms with Gasteiger partial charge in [0.2, 0.25) is 0 Å². The van der Waals surface area contributed by atoms with Gasteiger partial charge in [0.25, 0.3) is 0 Å². The van der Waals surface area contributed by atoms with Crippen molar-refractivity contribution in [1.29, 1.82) is 0 Å². The monoisotopic (exact) mass is 299 g/mol. The van der Waals surface area contributed by atoms with Crippen LogP contribution in [0.5, 0.6) is 0 Å². The maximum absolute atomic E-state index is 14.0. The Morgan fingerprint density at radius 3 is 2.29 bits per heavy atom. The molecule has 0 saturated carbocycles. The zero-order valence-corrected chi connectivity index (χ0v) is 11.1. The molecule has 1 N–H and O–H groups in total. The summed E-state index contributed by atoms with van der Waals surface area (Å²) in [4.78, 5) is 3.82. The van der Waals surface area contributed by atoms with Gasteiger partial charge in [0, 0.05) is 23.9 Å². The Bertz CT molecular complexity index is 613. The van der Waals surface area contributed by atoms with Crippen molar-refractivity contribution in [3.8, 4) is 0 Å². The summed E-state index contributed by atoms with van der Waals surface area (Å²) in [6.07, 6.45) is -3.17. The van der Waals surface area contributed by atoms with Gasteiger partial charge in [0.15, 0.2) is 0 Å². The van der Waals surface area contributed by atoms with Crippen LogP contribution in [0, 0.1) is 5.82 Å². The van der Waals surface area contributed by atoms with Crippen LogP contribution in [-0.4, -0.2) is 10.1 Å². The number of nitrogens with zero attached hydrogens (tertiary/aromatic N) is 1. The zero-order chi connectivity index (χ0) is 15.6. The summed E-state index contributed by atoms with van der Waals surface area (Å²) in [6, 6.07) is 6.15. The van der Waals surface area contributed by atoms with Crippen molar-refractivity contribution in [3.63, 3.8) is 0 Å². The van der Waals surface area contributed by atoms with Gasteiger partial charge in [0.1, 0.15) is 5.82 Å². The summed E-state index contributed by atoms with van der Waals surface area (Å²) in [7, 11) is 0. The summed E-state index contributed by atoms with van der Waals surface area (Å²) in [6.45, 7) is 1.61. The van der Waals surface area contributed by atoms with Gasteiger partial charge in [0.05, 0.1) is 11.7 Å². The molecule has 1 aromatic heterocycles. The highest BCUT2D eigenvalue weighted by atomic mass is 19.4. The molecule has 2 atom stereocenters. The lowest BCUT2D eigenvalue weighted by molar-refractivity contribution is -0.140. The smallest absolute Gasteiger partial charge is 0.388 e. The first kappa shape index (κ1) is 15.4. The third-order valence-electron chi connectivity index (χ3n) is 3.36. The second kappa shape index (κ2) is 5.81. The van der Waals surface area contributed by atoms with E-state index in [9.17, 15) is 22.7 Å². The van der Waals surface area contributed by atoms with Gasteiger partial charge in [-0.15, -0.1) is 0 Å². The quantitative estimate of drug-likeness (QED) is 0.866. The molecule has 6 heteroatoms. The van der Waals surface area contributed by atoms with Crippen LogP contribution in [0.25, 0.3) is 0 Å². The van der Waals surface area contributed by atoms with Crippen molar-refractivity contribution in [2.45, 2.75) is 25.1 Å². The molecule has 21 heavy (non-hydrogen) atoms. The lowest BCUT2D eigenvalue weighted by atomic mass is 9.90. The van der Waals surface area contributed by atoms with E-state index in [1.54, 1.807) is 19.1 Å². The van der Waals surface area contributed by atoms with E-state index in [4.69, 9.17) is 0 Å². The highest BCUT2D eigenvalue weighted by molar-refractivity contribution is 5.32. The summed E-state index contributed by atoms with van der Waals surface area (Å²) >= 11 is 0. The molecule has 0 spiro atoms. The van der Waals surface area contributed by atoms with Crippen LogP contribution in [0.3, 0.4) is 0 Å². The predicted octanol–water partition coefficient (Wildman–Crippen LogP) is 4.08. The minimum absolute atomic E-state index is 0.367. The van der Waals surface area contributed by atoms with Crippen LogP contribution in [0.1, 0.15) is 35.6 Å². The van der Waals surface area contributed by atoms with E-state index in [-0.39, 0.29) is 5.56 Å². The van der Waals surface area contributed by atoms with E-state index >= 15 is 0 Å². The molecule has 112 valence electrons. The molecule has 0 saturated heterocycles. The van der Waals surface area contributed by atoms with Gasteiger partial charge in [-0.05, 0) is 23.8 Å². The van der Waals surface area contributed by atoms with E-state index < -0.39 is 29.6 Å². The number of rotatable bonds is 3. The zero-order valence-electron chi connectivity index (χ0n) is 11.1. The Balaban J connectivity index is 2.38. The first-order valence-electron chi connectivity index (χ1n) is 6.26. The van der Waals surface area contributed by atoms with Crippen LogP contribution in [0.4, 0.5) is 17.6 Å². The van der Waals surface area contributed by atoms with E-state index in [0.29, 0.717) is 11.6 Å². The second-order valence-corrected chi connectivity index (χ2v) is 4.72. The average molecular weight is 299 g/mol. The summed E-state index contributed by atoms with van der Waals surface area (Å²) < 4.78 is 52.1. The molecule has 2 unspecified atom stereocenters. The van der Waals surface area contributed by atoms with Gasteiger partial charge in [-0.1, -0.05) is 19.1 Å². The van der Waals surface area contributed by atoms with Gasteiger partial charge in [-0.25, -0.2) is 4.39 Å². The lowest BCUT2D eigenvalue weighted by Gasteiger charge is -2.21. The number of aromatic nitrogens is 1. The molecule has 0 radical (unpaired) electrons. The van der Waals surface area contributed by atoms with Crippen molar-refractivity contribution < 1.29 is 22.7 Å². The van der Waals surface area contributed by atoms with Crippen LogP contribution in [0.15, 0.2) is 42.7 Å². The number of aliphatic hydroxyl groups excluding tert-OH is 1. The molecule has 2 rings (SSSR count). The van der Waals surface area contributed by atoms with Gasteiger partial charge in [-0.2, -0.15) is 13.2 Å². The first-order chi connectivity index (χ1) is 9.82. The number of hydrogen-bond donors (Lipinski definition) is 1. The molecule has 1 heterocycles. The maximum atomic E-state index is 14.0. The standard InChI is InChI=1S/C15H13F4NO/c1-9(10-5-7-20-8-6-10)14(21)11-3-2-4-12(13(11)16)15(17,18)19/h2-9,14,21H,1H3. The molecule has 0 aliphatic heterocycles. The number of pyridine rings is 1. The summed E-state index contributed by atoms with van der Waals surface area (Å²) in [5.74, 6) is -2.00. The van der Waals surface area contributed by atoms with Crippen molar-refractivity contribution >= 4 is 0 Å². The van der Waals surface area contributed by atoms with Crippen molar-refractivity contribution in [3.05, 3.63) is 65.2 Å². The molecule has 0 aliphatic carbocycles. The fourth-order valence-electron chi connectivity index (χ4n) is 2.12. The first-order valence-corrected chi connectivity index (χ1v) is 6.26.